The van der Waals surface area contributed by atoms with Crippen molar-refractivity contribution in [1.29, 1.82) is 0 Å². The molecule has 0 saturated heterocycles. The quantitative estimate of drug-likeness (QED) is 0.570. The molecule has 1 aromatic carbocycles. The zero-order valence-electron chi connectivity index (χ0n) is 15.2. The summed E-state index contributed by atoms with van der Waals surface area (Å²) in [6.45, 7) is 0.457. The molecule has 28 heavy (non-hydrogen) atoms. The van der Waals surface area contributed by atoms with Gasteiger partial charge >= 0.3 is 0 Å². The van der Waals surface area contributed by atoms with E-state index in [0.29, 0.717) is 36.7 Å². The van der Waals surface area contributed by atoms with E-state index < -0.39 is 0 Å². The lowest BCUT2D eigenvalue weighted by Crippen LogP contribution is -2.25. The van der Waals surface area contributed by atoms with Crippen molar-refractivity contribution in [2.45, 2.75) is 31.7 Å². The highest BCUT2D eigenvalue weighted by Crippen LogP contribution is 2.36. The van der Waals surface area contributed by atoms with Crippen LogP contribution in [0.15, 0.2) is 41.1 Å². The molecule has 3 aromatic rings. The Kier molecular flexibility index (Phi) is 5.43. The second kappa shape index (κ2) is 8.30. The van der Waals surface area contributed by atoms with Gasteiger partial charge in [0.25, 0.3) is 5.91 Å². The summed E-state index contributed by atoms with van der Waals surface area (Å²) < 4.78 is 1.84. The van der Waals surface area contributed by atoms with Crippen LogP contribution in [0.3, 0.4) is 0 Å². The number of tetrazole rings is 1. The largest absolute Gasteiger partial charge is 0.352 e. The summed E-state index contributed by atoms with van der Waals surface area (Å²) in [5, 5.41) is 21.3. The van der Waals surface area contributed by atoms with Crippen molar-refractivity contribution in [3.05, 3.63) is 46.7 Å². The number of thiophene rings is 1. The highest BCUT2D eigenvalue weighted by molar-refractivity contribution is 7.08. The molecule has 2 amide bonds. The molecule has 0 spiro atoms. The molecule has 0 aliphatic heterocycles. The first-order valence-electron chi connectivity index (χ1n) is 9.19. The molecule has 0 unspecified atom stereocenters. The second-order valence-corrected chi connectivity index (χ2v) is 7.46. The van der Waals surface area contributed by atoms with Crippen molar-refractivity contribution in [3.63, 3.8) is 0 Å². The number of hydrogen-bond acceptors (Lipinski definition) is 6. The van der Waals surface area contributed by atoms with Crippen molar-refractivity contribution in [1.82, 2.24) is 25.5 Å². The van der Waals surface area contributed by atoms with Gasteiger partial charge in [0.05, 0.1) is 6.04 Å². The lowest BCUT2D eigenvalue weighted by Gasteiger charge is -2.08. The predicted molar refractivity (Wildman–Crippen MR) is 106 cm³/mol. The van der Waals surface area contributed by atoms with Crippen LogP contribution in [0.5, 0.6) is 0 Å². The molecular weight excluding hydrogens is 376 g/mol. The Balaban J connectivity index is 1.27. The molecule has 144 valence electrons. The Hall–Kier alpha value is -3.07. The van der Waals surface area contributed by atoms with Gasteiger partial charge in [-0.3, -0.25) is 9.59 Å². The summed E-state index contributed by atoms with van der Waals surface area (Å²) in [6.07, 6.45) is 3.09. The Morgan fingerprint density at radius 3 is 2.93 bits per heavy atom. The maximum atomic E-state index is 12.2. The molecule has 2 heterocycles. The predicted octanol–water partition coefficient (Wildman–Crippen LogP) is 2.89. The standard InChI is InChI=1S/C19H20N6O2S/c26-17(5-2-9-20-19(27)14-8-10-28-12-14)21-15-4-1-3-13(11-15)18-22-23-24-25(18)16-6-7-16/h1,3-4,8,10-12,16H,2,5-7,9H2,(H,20,27)(H,21,26). The number of amides is 2. The Bertz CT molecular complexity index is 964. The maximum absolute atomic E-state index is 12.2. The first kappa shape index (κ1) is 18.3. The fourth-order valence-corrected chi connectivity index (χ4v) is 3.49. The molecule has 9 heteroatoms. The smallest absolute Gasteiger partial charge is 0.252 e. The molecule has 2 aromatic heterocycles. The van der Waals surface area contributed by atoms with Crippen molar-refractivity contribution in [3.8, 4) is 11.4 Å². The van der Waals surface area contributed by atoms with Gasteiger partial charge in [-0.2, -0.15) is 11.3 Å². The van der Waals surface area contributed by atoms with E-state index in [-0.39, 0.29) is 11.8 Å². The minimum Gasteiger partial charge on any atom is -0.352 e. The van der Waals surface area contributed by atoms with Gasteiger partial charge in [0.2, 0.25) is 5.91 Å². The van der Waals surface area contributed by atoms with Gasteiger partial charge in [-0.15, -0.1) is 5.10 Å². The van der Waals surface area contributed by atoms with E-state index in [4.69, 9.17) is 0 Å². The number of aromatic nitrogens is 4. The van der Waals surface area contributed by atoms with E-state index in [2.05, 4.69) is 26.2 Å². The van der Waals surface area contributed by atoms with Gasteiger partial charge in [-0.25, -0.2) is 4.68 Å². The average molecular weight is 396 g/mol. The highest BCUT2D eigenvalue weighted by atomic mass is 32.1. The van der Waals surface area contributed by atoms with E-state index in [0.717, 1.165) is 24.2 Å². The van der Waals surface area contributed by atoms with E-state index in [1.165, 1.54) is 11.3 Å². The summed E-state index contributed by atoms with van der Waals surface area (Å²) in [7, 11) is 0. The fourth-order valence-electron chi connectivity index (χ4n) is 2.85. The number of rotatable bonds is 8. The lowest BCUT2D eigenvalue weighted by atomic mass is 10.2. The molecule has 8 nitrogen and oxygen atoms in total. The van der Waals surface area contributed by atoms with Crippen molar-refractivity contribution < 1.29 is 9.59 Å². The van der Waals surface area contributed by atoms with E-state index in [9.17, 15) is 9.59 Å². The number of hydrogen-bond donors (Lipinski definition) is 2. The minimum atomic E-state index is -0.109. The first-order valence-corrected chi connectivity index (χ1v) is 10.1. The number of benzene rings is 1. The second-order valence-electron chi connectivity index (χ2n) is 6.68. The molecule has 1 fully saturated rings. The monoisotopic (exact) mass is 396 g/mol. The Labute approximate surface area is 166 Å². The third-order valence-electron chi connectivity index (χ3n) is 4.44. The number of nitrogens with zero attached hydrogens (tertiary/aromatic N) is 4. The SMILES string of the molecule is O=C(CCCNC(=O)c1ccsc1)Nc1cccc(-c2nnnn2C2CC2)c1. The third-order valence-corrected chi connectivity index (χ3v) is 5.12. The number of anilines is 1. The number of nitrogens with one attached hydrogen (secondary N) is 2. The summed E-state index contributed by atoms with van der Waals surface area (Å²) in [6, 6.07) is 9.68. The highest BCUT2D eigenvalue weighted by Gasteiger charge is 2.28. The van der Waals surface area contributed by atoms with Crippen LogP contribution in [0.25, 0.3) is 11.4 Å². The molecule has 0 radical (unpaired) electrons. The fraction of sp³-hybridized carbons (Fsp3) is 0.316. The summed E-state index contributed by atoms with van der Waals surface area (Å²) in [4.78, 5) is 24.0. The van der Waals surface area contributed by atoms with Crippen LogP contribution in [0.4, 0.5) is 5.69 Å². The molecule has 1 aliphatic carbocycles. The Morgan fingerprint density at radius 2 is 2.14 bits per heavy atom. The molecule has 1 saturated carbocycles. The Morgan fingerprint density at radius 1 is 1.25 bits per heavy atom. The van der Waals surface area contributed by atoms with Gasteiger partial charge < -0.3 is 10.6 Å². The topological polar surface area (TPSA) is 102 Å². The van der Waals surface area contributed by atoms with Gasteiger partial charge in [0.15, 0.2) is 5.82 Å². The third kappa shape index (κ3) is 4.42. The van der Waals surface area contributed by atoms with Crippen LogP contribution in [-0.2, 0) is 4.79 Å². The molecule has 0 bridgehead atoms. The van der Waals surface area contributed by atoms with Gasteiger partial charge in [-0.1, -0.05) is 12.1 Å². The lowest BCUT2D eigenvalue weighted by molar-refractivity contribution is -0.116. The summed E-state index contributed by atoms with van der Waals surface area (Å²) >= 11 is 1.48. The van der Waals surface area contributed by atoms with Crippen LogP contribution >= 0.6 is 11.3 Å². The van der Waals surface area contributed by atoms with Crippen LogP contribution in [0.1, 0.15) is 42.1 Å². The van der Waals surface area contributed by atoms with Crippen LogP contribution < -0.4 is 10.6 Å². The average Bonchev–Trinajstić information content (AvgIpc) is 3.20. The van der Waals surface area contributed by atoms with E-state index in [1.54, 1.807) is 11.4 Å². The van der Waals surface area contributed by atoms with E-state index >= 15 is 0 Å². The number of carbonyl (C=O) groups excluding carboxylic acids is 2. The van der Waals surface area contributed by atoms with Crippen molar-refractivity contribution in [2.75, 3.05) is 11.9 Å². The maximum Gasteiger partial charge on any atom is 0.252 e. The van der Waals surface area contributed by atoms with Gasteiger partial charge in [-0.05, 0) is 53.3 Å². The van der Waals surface area contributed by atoms with Crippen molar-refractivity contribution in [2.24, 2.45) is 0 Å². The molecule has 4 rings (SSSR count). The zero-order valence-corrected chi connectivity index (χ0v) is 16.0. The molecular formula is C19H20N6O2S. The first-order chi connectivity index (χ1) is 13.7. The normalized spacial score (nSPS) is 13.3. The van der Waals surface area contributed by atoms with Crippen LogP contribution in [0.2, 0.25) is 0 Å². The van der Waals surface area contributed by atoms with Crippen LogP contribution in [-0.4, -0.2) is 38.6 Å². The minimum absolute atomic E-state index is 0.0938. The molecule has 2 N–H and O–H groups in total. The van der Waals surface area contributed by atoms with Crippen LogP contribution in [0, 0.1) is 0 Å². The molecule has 0 atom stereocenters. The van der Waals surface area contributed by atoms with Crippen molar-refractivity contribution >= 4 is 28.8 Å². The zero-order chi connectivity index (χ0) is 19.3. The molecule has 1 aliphatic rings. The van der Waals surface area contributed by atoms with E-state index in [1.807, 2.05) is 34.3 Å². The number of carbonyl (C=O) groups is 2. The van der Waals surface area contributed by atoms with Gasteiger partial charge in [0.1, 0.15) is 0 Å². The summed E-state index contributed by atoms with van der Waals surface area (Å²) in [5.41, 5.74) is 2.23. The van der Waals surface area contributed by atoms with Gasteiger partial charge in [0, 0.05) is 35.2 Å². The summed E-state index contributed by atoms with van der Waals surface area (Å²) in [5.74, 6) is 0.515.